The third-order valence-corrected chi connectivity index (χ3v) is 6.23. The van der Waals surface area contributed by atoms with Crippen LogP contribution in [0.1, 0.15) is 70.6 Å². The van der Waals surface area contributed by atoms with Crippen LogP contribution >= 0.6 is 0 Å². The highest BCUT2D eigenvalue weighted by Gasteiger charge is 2.45. The van der Waals surface area contributed by atoms with Crippen LogP contribution in [0, 0.1) is 29.6 Å². The fourth-order valence-electron chi connectivity index (χ4n) is 4.87. The first-order valence-corrected chi connectivity index (χ1v) is 9.80. The molecule has 0 unspecified atom stereocenters. The Hall–Kier alpha value is -1.31. The minimum Gasteiger partial charge on any atom is -0.481 e. The summed E-state index contributed by atoms with van der Waals surface area (Å²) in [6, 6.07) is 0. The Morgan fingerprint density at radius 3 is 2.72 bits per heavy atom. The second-order valence-corrected chi connectivity index (χ2v) is 8.17. The molecule has 3 fully saturated rings. The lowest BCUT2D eigenvalue weighted by Gasteiger charge is -2.27. The quantitative estimate of drug-likeness (QED) is 0.415. The Labute approximate surface area is 150 Å². The highest BCUT2D eigenvalue weighted by molar-refractivity contribution is 5.66. The zero-order valence-electron chi connectivity index (χ0n) is 14.9. The second-order valence-electron chi connectivity index (χ2n) is 8.17. The molecule has 3 N–H and O–H groups in total. The monoisotopic (exact) mass is 346 g/mol. The molecule has 138 valence electrons. The Morgan fingerprint density at radius 2 is 2.00 bits per heavy atom. The van der Waals surface area contributed by atoms with E-state index in [-0.39, 0.29) is 18.4 Å². The smallest absolute Gasteiger partial charge is 0.303 e. The van der Waals surface area contributed by atoms with Gasteiger partial charge in [0.05, 0.1) is 6.10 Å². The Kier molecular flexibility index (Phi) is 5.86. The van der Waals surface area contributed by atoms with Crippen LogP contribution in [0.3, 0.4) is 0 Å². The number of allylic oxidation sites excluding steroid dienone is 2. The van der Waals surface area contributed by atoms with Gasteiger partial charge in [0.25, 0.3) is 0 Å². The molecule has 0 aliphatic heterocycles. The first-order valence-electron chi connectivity index (χ1n) is 9.80. The summed E-state index contributed by atoms with van der Waals surface area (Å²) in [5.41, 5.74) is 0.555. The predicted octanol–water partition coefficient (Wildman–Crippen LogP) is 3.27. The maximum absolute atomic E-state index is 10.6. The van der Waals surface area contributed by atoms with Crippen molar-refractivity contribution in [2.24, 2.45) is 17.8 Å². The van der Waals surface area contributed by atoms with Crippen LogP contribution in [-0.2, 0) is 4.79 Å². The fourth-order valence-corrected chi connectivity index (χ4v) is 4.87. The average molecular weight is 346 g/mol. The Bertz CT molecular complexity index is 576. The molecule has 0 aromatic rings. The number of hydrogen-bond donors (Lipinski definition) is 3. The summed E-state index contributed by atoms with van der Waals surface area (Å²) in [6.45, 7) is 0. The van der Waals surface area contributed by atoms with E-state index in [0.29, 0.717) is 18.3 Å². The second kappa shape index (κ2) is 7.93. The van der Waals surface area contributed by atoms with E-state index in [0.717, 1.165) is 51.4 Å². The van der Waals surface area contributed by atoms with Gasteiger partial charge in [-0.1, -0.05) is 29.9 Å². The third-order valence-electron chi connectivity index (χ3n) is 6.23. The predicted molar refractivity (Wildman–Crippen MR) is 95.7 cm³/mol. The summed E-state index contributed by atoms with van der Waals surface area (Å²) >= 11 is 0. The molecule has 0 saturated heterocycles. The average Bonchev–Trinajstić information content (AvgIpc) is 3.07. The molecule has 0 aromatic carbocycles. The van der Waals surface area contributed by atoms with Crippen LogP contribution in [-0.4, -0.2) is 33.0 Å². The molecule has 0 spiro atoms. The molecular formula is C21H30O4. The van der Waals surface area contributed by atoms with Crippen molar-refractivity contribution < 1.29 is 20.1 Å². The van der Waals surface area contributed by atoms with E-state index in [1.165, 1.54) is 12.0 Å². The summed E-state index contributed by atoms with van der Waals surface area (Å²) < 4.78 is 0. The van der Waals surface area contributed by atoms with Gasteiger partial charge in [0, 0.05) is 12.3 Å². The lowest BCUT2D eigenvalue weighted by molar-refractivity contribution is -0.137. The summed E-state index contributed by atoms with van der Waals surface area (Å²) in [4.78, 5) is 10.6. The SMILES string of the molecule is O=C(O)CCC/C=C1\C[C@@H]2C[C@H](O)[C@@H](C#CC3(O)CCCCC3)[C@@H]2C1. The van der Waals surface area contributed by atoms with Gasteiger partial charge >= 0.3 is 5.97 Å². The molecule has 0 aromatic heterocycles. The topological polar surface area (TPSA) is 77.8 Å². The zero-order valence-corrected chi connectivity index (χ0v) is 14.9. The molecule has 3 aliphatic rings. The molecule has 4 heteroatoms. The van der Waals surface area contributed by atoms with Crippen molar-refractivity contribution >= 4 is 5.97 Å². The number of carboxylic acids is 1. The maximum atomic E-state index is 10.6. The number of aliphatic hydroxyl groups excluding tert-OH is 1. The van der Waals surface area contributed by atoms with Crippen LogP contribution < -0.4 is 0 Å². The van der Waals surface area contributed by atoms with E-state index in [1.54, 1.807) is 0 Å². The van der Waals surface area contributed by atoms with Crippen molar-refractivity contribution in [3.05, 3.63) is 11.6 Å². The van der Waals surface area contributed by atoms with Gasteiger partial charge in [0.15, 0.2) is 0 Å². The fraction of sp³-hybridized carbons (Fsp3) is 0.762. The third kappa shape index (κ3) is 4.65. The first kappa shape index (κ1) is 18.5. The summed E-state index contributed by atoms with van der Waals surface area (Å²) in [5, 5.41) is 29.7. The van der Waals surface area contributed by atoms with Gasteiger partial charge in [-0.15, -0.1) is 0 Å². The Balaban J connectivity index is 1.59. The molecule has 0 amide bonds. The number of carbonyl (C=O) groups is 1. The lowest BCUT2D eigenvalue weighted by Crippen LogP contribution is -2.30. The molecule has 0 radical (unpaired) electrons. The van der Waals surface area contributed by atoms with Crippen LogP contribution in [0.2, 0.25) is 0 Å². The van der Waals surface area contributed by atoms with Gasteiger partial charge < -0.3 is 15.3 Å². The standard InChI is InChI=1S/C21H30O4/c22-19-14-16-12-15(6-2-3-7-20(23)24)13-18(16)17(19)8-11-21(25)9-4-1-5-10-21/h6,16-19,22,25H,1-5,7,9-10,12-14H2,(H,23,24)/b15-6+/t16-,17+,18-,19+/m1/s1. The van der Waals surface area contributed by atoms with E-state index in [1.807, 2.05) is 0 Å². The maximum Gasteiger partial charge on any atom is 0.303 e. The van der Waals surface area contributed by atoms with Crippen LogP contribution in [0.4, 0.5) is 0 Å². The molecule has 4 nitrogen and oxygen atoms in total. The van der Waals surface area contributed by atoms with Gasteiger partial charge in [-0.25, -0.2) is 0 Å². The van der Waals surface area contributed by atoms with Crippen molar-refractivity contribution in [3.63, 3.8) is 0 Å². The van der Waals surface area contributed by atoms with Crippen molar-refractivity contribution in [2.45, 2.75) is 82.3 Å². The highest BCUT2D eigenvalue weighted by Crippen LogP contribution is 2.50. The number of rotatable bonds is 4. The van der Waals surface area contributed by atoms with E-state index < -0.39 is 11.6 Å². The van der Waals surface area contributed by atoms with E-state index >= 15 is 0 Å². The summed E-state index contributed by atoms with van der Waals surface area (Å²) in [5.74, 6) is 6.50. The Morgan fingerprint density at radius 1 is 1.24 bits per heavy atom. The molecule has 25 heavy (non-hydrogen) atoms. The van der Waals surface area contributed by atoms with Crippen molar-refractivity contribution in [1.29, 1.82) is 0 Å². The van der Waals surface area contributed by atoms with Gasteiger partial charge in [-0.3, -0.25) is 4.79 Å². The molecule has 0 bridgehead atoms. The summed E-state index contributed by atoms with van der Waals surface area (Å²) in [7, 11) is 0. The molecule has 0 heterocycles. The van der Waals surface area contributed by atoms with Gasteiger partial charge in [0.1, 0.15) is 5.60 Å². The largest absolute Gasteiger partial charge is 0.481 e. The van der Waals surface area contributed by atoms with E-state index in [2.05, 4.69) is 17.9 Å². The number of carboxylic acid groups (broad SMARTS) is 1. The molecular weight excluding hydrogens is 316 g/mol. The lowest BCUT2D eigenvalue weighted by atomic mass is 9.84. The van der Waals surface area contributed by atoms with Gasteiger partial charge in [-0.2, -0.15) is 0 Å². The number of unbranched alkanes of at least 4 members (excludes halogenated alkanes) is 1. The van der Waals surface area contributed by atoms with Crippen LogP contribution in [0.15, 0.2) is 11.6 Å². The zero-order chi connectivity index (χ0) is 17.9. The van der Waals surface area contributed by atoms with E-state index in [4.69, 9.17) is 5.11 Å². The van der Waals surface area contributed by atoms with Gasteiger partial charge in [-0.05, 0) is 69.6 Å². The van der Waals surface area contributed by atoms with E-state index in [9.17, 15) is 15.0 Å². The highest BCUT2D eigenvalue weighted by atomic mass is 16.4. The summed E-state index contributed by atoms with van der Waals surface area (Å²) in [6.07, 6.45) is 11.1. The van der Waals surface area contributed by atoms with Gasteiger partial charge in [0.2, 0.25) is 0 Å². The number of aliphatic carboxylic acids is 1. The molecule has 4 atom stereocenters. The minimum atomic E-state index is -0.843. The normalized spacial score (nSPS) is 35.2. The first-order chi connectivity index (χ1) is 12.0. The molecule has 3 saturated carbocycles. The number of hydrogen-bond acceptors (Lipinski definition) is 3. The van der Waals surface area contributed by atoms with Crippen LogP contribution in [0.25, 0.3) is 0 Å². The van der Waals surface area contributed by atoms with Crippen LogP contribution in [0.5, 0.6) is 0 Å². The van der Waals surface area contributed by atoms with Crippen molar-refractivity contribution in [1.82, 2.24) is 0 Å². The van der Waals surface area contributed by atoms with Crippen molar-refractivity contribution in [2.75, 3.05) is 0 Å². The number of fused-ring (bicyclic) bond motifs is 1. The minimum absolute atomic E-state index is 0.0270. The molecule has 3 aliphatic carbocycles. The number of aliphatic hydroxyl groups is 2. The van der Waals surface area contributed by atoms with Crippen molar-refractivity contribution in [3.8, 4) is 11.8 Å². The molecule has 3 rings (SSSR count).